The van der Waals surface area contributed by atoms with Crippen LogP contribution in [0.3, 0.4) is 0 Å². The zero-order valence-corrected chi connectivity index (χ0v) is 14.6. The third-order valence-corrected chi connectivity index (χ3v) is 3.70. The van der Waals surface area contributed by atoms with Gasteiger partial charge in [-0.15, -0.1) is 0 Å². The molecule has 0 saturated carbocycles. The fourth-order valence-electron chi connectivity index (χ4n) is 2.22. The number of halogens is 1. The zero-order valence-electron chi connectivity index (χ0n) is 13.9. The van der Waals surface area contributed by atoms with Gasteiger partial charge in [0.25, 0.3) is 5.91 Å². The second-order valence-corrected chi connectivity index (χ2v) is 5.73. The summed E-state index contributed by atoms with van der Waals surface area (Å²) in [7, 11) is 1.48. The van der Waals surface area contributed by atoms with E-state index in [9.17, 15) is 9.59 Å². The lowest BCUT2D eigenvalue weighted by molar-refractivity contribution is -0.134. The molecule has 0 aliphatic carbocycles. The Hall–Kier alpha value is -3.24. The van der Waals surface area contributed by atoms with E-state index >= 15 is 0 Å². The summed E-state index contributed by atoms with van der Waals surface area (Å²) in [5.41, 5.74) is 1.83. The molecule has 0 aliphatic rings. The molecule has 0 fully saturated rings. The minimum absolute atomic E-state index is 0.140. The SMILES string of the molecule is COc1cc(Cl)cc(C(=O)NCc2ccc(C#N)cc2NCC(=O)O)c1. The lowest BCUT2D eigenvalue weighted by Crippen LogP contribution is -2.24. The van der Waals surface area contributed by atoms with Gasteiger partial charge in [-0.1, -0.05) is 17.7 Å². The molecular weight excluding hydrogens is 358 g/mol. The average Bonchev–Trinajstić information content (AvgIpc) is 2.63. The molecule has 0 radical (unpaired) electrons. The largest absolute Gasteiger partial charge is 0.497 e. The Labute approximate surface area is 155 Å². The van der Waals surface area contributed by atoms with E-state index in [1.165, 1.54) is 19.2 Å². The van der Waals surface area contributed by atoms with E-state index in [0.717, 1.165) is 0 Å². The van der Waals surface area contributed by atoms with E-state index in [1.54, 1.807) is 24.3 Å². The molecule has 2 rings (SSSR count). The highest BCUT2D eigenvalue weighted by molar-refractivity contribution is 6.31. The first kappa shape index (κ1) is 19.1. The van der Waals surface area contributed by atoms with Crippen molar-refractivity contribution in [2.24, 2.45) is 0 Å². The summed E-state index contributed by atoms with van der Waals surface area (Å²) in [5, 5.41) is 23.6. The Morgan fingerprint density at radius 2 is 2.04 bits per heavy atom. The Morgan fingerprint density at radius 1 is 1.27 bits per heavy atom. The molecule has 0 saturated heterocycles. The van der Waals surface area contributed by atoms with Crippen LogP contribution in [0.5, 0.6) is 5.75 Å². The molecule has 0 heterocycles. The maximum atomic E-state index is 12.3. The minimum Gasteiger partial charge on any atom is -0.497 e. The molecule has 26 heavy (non-hydrogen) atoms. The molecule has 0 atom stereocenters. The summed E-state index contributed by atoms with van der Waals surface area (Å²) < 4.78 is 5.09. The van der Waals surface area contributed by atoms with Crippen molar-refractivity contribution >= 4 is 29.2 Å². The fraction of sp³-hybridized carbons (Fsp3) is 0.167. The number of carboxylic acids is 1. The highest BCUT2D eigenvalue weighted by Gasteiger charge is 2.11. The Kier molecular flexibility index (Phi) is 6.42. The second-order valence-electron chi connectivity index (χ2n) is 5.29. The van der Waals surface area contributed by atoms with E-state index in [0.29, 0.717) is 33.1 Å². The normalized spacial score (nSPS) is 9.88. The molecular formula is C18H16ClN3O4. The van der Waals surface area contributed by atoms with Crippen LogP contribution in [0.2, 0.25) is 5.02 Å². The predicted molar refractivity (Wildman–Crippen MR) is 96.5 cm³/mol. The Morgan fingerprint density at radius 3 is 2.69 bits per heavy atom. The number of hydrogen-bond acceptors (Lipinski definition) is 5. The molecule has 0 unspecified atom stereocenters. The third kappa shape index (κ3) is 5.13. The summed E-state index contributed by atoms with van der Waals surface area (Å²) in [4.78, 5) is 23.1. The first-order chi connectivity index (χ1) is 12.4. The van der Waals surface area contributed by atoms with E-state index in [4.69, 9.17) is 26.7 Å². The molecule has 134 valence electrons. The number of aliphatic carboxylic acids is 1. The first-order valence-electron chi connectivity index (χ1n) is 7.54. The van der Waals surface area contributed by atoms with Crippen molar-refractivity contribution in [2.75, 3.05) is 19.0 Å². The number of methoxy groups -OCH3 is 1. The number of benzene rings is 2. The second kappa shape index (κ2) is 8.74. The molecule has 1 amide bonds. The summed E-state index contributed by atoms with van der Waals surface area (Å²) >= 11 is 5.96. The zero-order chi connectivity index (χ0) is 19.1. The topological polar surface area (TPSA) is 111 Å². The highest BCUT2D eigenvalue weighted by Crippen LogP contribution is 2.21. The summed E-state index contributed by atoms with van der Waals surface area (Å²) in [6.45, 7) is -0.164. The lowest BCUT2D eigenvalue weighted by Gasteiger charge is -2.13. The number of nitrogens with one attached hydrogen (secondary N) is 2. The number of nitrogens with zero attached hydrogens (tertiary/aromatic N) is 1. The number of hydrogen-bond donors (Lipinski definition) is 3. The highest BCUT2D eigenvalue weighted by atomic mass is 35.5. The molecule has 8 heteroatoms. The number of nitriles is 1. The van der Waals surface area contributed by atoms with Crippen LogP contribution in [0.1, 0.15) is 21.5 Å². The van der Waals surface area contributed by atoms with Gasteiger partial charge in [0.05, 0.1) is 18.7 Å². The van der Waals surface area contributed by atoms with Crippen molar-refractivity contribution in [3.05, 3.63) is 58.1 Å². The van der Waals surface area contributed by atoms with Gasteiger partial charge in [0.2, 0.25) is 0 Å². The van der Waals surface area contributed by atoms with Crippen molar-refractivity contribution in [1.29, 1.82) is 5.26 Å². The Bertz CT molecular complexity index is 877. The number of carbonyl (C=O) groups is 2. The number of anilines is 1. The smallest absolute Gasteiger partial charge is 0.322 e. The van der Waals surface area contributed by atoms with E-state index < -0.39 is 5.97 Å². The van der Waals surface area contributed by atoms with Crippen LogP contribution < -0.4 is 15.4 Å². The van der Waals surface area contributed by atoms with Crippen molar-refractivity contribution in [2.45, 2.75) is 6.54 Å². The van der Waals surface area contributed by atoms with E-state index in [1.807, 2.05) is 6.07 Å². The van der Waals surface area contributed by atoms with Crippen LogP contribution >= 0.6 is 11.6 Å². The fourth-order valence-corrected chi connectivity index (χ4v) is 2.45. The van der Waals surface area contributed by atoms with Gasteiger partial charge in [-0.05, 0) is 35.9 Å². The number of rotatable bonds is 7. The van der Waals surface area contributed by atoms with Gasteiger partial charge in [-0.2, -0.15) is 5.26 Å². The van der Waals surface area contributed by atoms with Gasteiger partial charge in [0, 0.05) is 22.8 Å². The number of carboxylic acid groups (broad SMARTS) is 1. The minimum atomic E-state index is -1.03. The maximum Gasteiger partial charge on any atom is 0.322 e. The van der Waals surface area contributed by atoms with Crippen molar-refractivity contribution in [3.8, 4) is 11.8 Å². The Balaban J connectivity index is 2.15. The third-order valence-electron chi connectivity index (χ3n) is 3.48. The van der Waals surface area contributed by atoms with Crippen LogP contribution in [0, 0.1) is 11.3 Å². The van der Waals surface area contributed by atoms with Crippen LogP contribution in [-0.4, -0.2) is 30.6 Å². The summed E-state index contributed by atoms with van der Waals surface area (Å²) in [5.74, 6) is -0.933. The molecule has 0 aliphatic heterocycles. The molecule has 2 aromatic rings. The van der Waals surface area contributed by atoms with Crippen LogP contribution in [0.15, 0.2) is 36.4 Å². The lowest BCUT2D eigenvalue weighted by atomic mass is 10.1. The van der Waals surface area contributed by atoms with Crippen molar-refractivity contribution in [3.63, 3.8) is 0 Å². The quantitative estimate of drug-likeness (QED) is 0.688. The van der Waals surface area contributed by atoms with Crippen LogP contribution in [0.25, 0.3) is 0 Å². The number of amides is 1. The molecule has 3 N–H and O–H groups in total. The summed E-state index contributed by atoms with van der Waals surface area (Å²) in [6.07, 6.45) is 0. The predicted octanol–water partition coefficient (Wildman–Crippen LogP) is 2.65. The molecule has 7 nitrogen and oxygen atoms in total. The molecule has 0 bridgehead atoms. The van der Waals surface area contributed by atoms with Crippen LogP contribution in [0.4, 0.5) is 5.69 Å². The first-order valence-corrected chi connectivity index (χ1v) is 7.92. The number of ether oxygens (including phenoxy) is 1. The van der Waals surface area contributed by atoms with Gasteiger partial charge < -0.3 is 20.5 Å². The molecule has 0 aromatic heterocycles. The average molecular weight is 374 g/mol. The van der Waals surface area contributed by atoms with Gasteiger partial charge >= 0.3 is 5.97 Å². The standard InChI is InChI=1S/C18H16ClN3O4/c1-26-15-6-13(5-14(19)7-15)18(25)22-9-12-3-2-11(8-20)4-16(12)21-10-17(23)24/h2-7,21H,9-10H2,1H3,(H,22,25)(H,23,24). The molecule has 2 aromatic carbocycles. The summed E-state index contributed by atoms with van der Waals surface area (Å²) in [6, 6.07) is 11.4. The number of carbonyl (C=O) groups excluding carboxylic acids is 1. The van der Waals surface area contributed by atoms with Gasteiger partial charge in [0.15, 0.2) is 0 Å². The van der Waals surface area contributed by atoms with Crippen LogP contribution in [-0.2, 0) is 11.3 Å². The maximum absolute atomic E-state index is 12.3. The van der Waals surface area contributed by atoms with E-state index in [2.05, 4.69) is 10.6 Å². The molecule has 0 spiro atoms. The van der Waals surface area contributed by atoms with Crippen molar-refractivity contribution < 1.29 is 19.4 Å². The van der Waals surface area contributed by atoms with Gasteiger partial charge in [-0.3, -0.25) is 9.59 Å². The van der Waals surface area contributed by atoms with Gasteiger partial charge in [0.1, 0.15) is 12.3 Å². The monoisotopic (exact) mass is 373 g/mol. The van der Waals surface area contributed by atoms with Gasteiger partial charge in [-0.25, -0.2) is 0 Å². The van der Waals surface area contributed by atoms with Crippen molar-refractivity contribution in [1.82, 2.24) is 5.32 Å². The van der Waals surface area contributed by atoms with E-state index in [-0.39, 0.29) is 19.0 Å².